The van der Waals surface area contributed by atoms with Crippen LogP contribution in [-0.4, -0.2) is 57.0 Å². The minimum atomic E-state index is -0.690. The average molecular weight is 378 g/mol. The van der Waals surface area contributed by atoms with E-state index in [0.717, 1.165) is 10.6 Å². The SMILES string of the molecule is CC1N=C(c2cccnc2)SC1N(C)C(=O)[C@H](C)NC(=O)OC(C)(C)C. The van der Waals surface area contributed by atoms with E-state index in [1.54, 1.807) is 52.0 Å². The molecule has 1 aromatic heterocycles. The highest BCUT2D eigenvalue weighted by Crippen LogP contribution is 2.32. The number of carbonyl (C=O) groups is 2. The number of nitrogens with zero attached hydrogens (tertiary/aromatic N) is 3. The summed E-state index contributed by atoms with van der Waals surface area (Å²) in [5.74, 6) is -0.192. The van der Waals surface area contributed by atoms with Crippen LogP contribution in [0.25, 0.3) is 0 Å². The molecule has 2 heterocycles. The monoisotopic (exact) mass is 378 g/mol. The molecule has 0 spiro atoms. The summed E-state index contributed by atoms with van der Waals surface area (Å²) in [6.07, 6.45) is 2.87. The van der Waals surface area contributed by atoms with Crippen LogP contribution in [0.5, 0.6) is 0 Å². The van der Waals surface area contributed by atoms with Crippen LogP contribution < -0.4 is 5.32 Å². The number of aromatic nitrogens is 1. The highest BCUT2D eigenvalue weighted by molar-refractivity contribution is 8.15. The minimum Gasteiger partial charge on any atom is -0.444 e. The van der Waals surface area contributed by atoms with Gasteiger partial charge in [0.2, 0.25) is 5.91 Å². The summed E-state index contributed by atoms with van der Waals surface area (Å²) in [6.45, 7) is 8.95. The number of aliphatic imine (C=N–C) groups is 1. The maximum atomic E-state index is 12.7. The molecule has 1 aliphatic rings. The largest absolute Gasteiger partial charge is 0.444 e. The van der Waals surface area contributed by atoms with Crippen LogP contribution >= 0.6 is 11.8 Å². The summed E-state index contributed by atoms with van der Waals surface area (Å²) >= 11 is 1.53. The van der Waals surface area contributed by atoms with E-state index in [4.69, 9.17) is 4.74 Å². The third-order valence-electron chi connectivity index (χ3n) is 3.71. The molecule has 0 fully saturated rings. The van der Waals surface area contributed by atoms with Crippen molar-refractivity contribution in [1.82, 2.24) is 15.2 Å². The first-order valence-electron chi connectivity index (χ1n) is 8.49. The first-order chi connectivity index (χ1) is 12.1. The van der Waals surface area contributed by atoms with Crippen molar-refractivity contribution in [1.29, 1.82) is 0 Å². The van der Waals surface area contributed by atoms with Crippen molar-refractivity contribution < 1.29 is 14.3 Å². The van der Waals surface area contributed by atoms with Crippen molar-refractivity contribution in [2.45, 2.75) is 57.7 Å². The number of amides is 2. The fourth-order valence-electron chi connectivity index (χ4n) is 2.50. The summed E-state index contributed by atoms with van der Waals surface area (Å²) < 4.78 is 5.20. The molecule has 0 bridgehead atoms. The number of likely N-dealkylation sites (N-methyl/N-ethyl adjacent to an activating group) is 1. The quantitative estimate of drug-likeness (QED) is 0.871. The van der Waals surface area contributed by atoms with Crippen LogP contribution in [0.1, 0.15) is 40.2 Å². The van der Waals surface area contributed by atoms with Gasteiger partial charge in [-0.1, -0.05) is 11.8 Å². The second kappa shape index (κ2) is 8.07. The second-order valence-electron chi connectivity index (χ2n) is 7.24. The molecule has 1 aromatic rings. The summed E-state index contributed by atoms with van der Waals surface area (Å²) in [4.78, 5) is 35.0. The Morgan fingerprint density at radius 1 is 1.38 bits per heavy atom. The standard InChI is InChI=1S/C18H26N4O3S/c1-11(21-17(24)25-18(3,4)5)15(23)22(6)16-12(2)20-14(26-16)13-8-7-9-19-10-13/h7-12,16H,1-6H3,(H,21,24)/t11-,12?,16?/m0/s1. The number of ether oxygens (including phenoxy) is 1. The van der Waals surface area contributed by atoms with Gasteiger partial charge in [0.15, 0.2) is 0 Å². The Morgan fingerprint density at radius 2 is 2.08 bits per heavy atom. The lowest BCUT2D eigenvalue weighted by atomic mass is 10.2. The molecule has 0 aliphatic carbocycles. The third-order valence-corrected chi connectivity index (χ3v) is 5.22. The number of alkyl carbamates (subject to hydrolysis) is 1. The molecule has 2 rings (SSSR count). The van der Waals surface area contributed by atoms with Gasteiger partial charge in [0, 0.05) is 25.0 Å². The molecule has 0 saturated carbocycles. The molecule has 8 heteroatoms. The fourth-order valence-corrected chi connectivity index (χ4v) is 3.74. The molecular formula is C18H26N4O3S. The third kappa shape index (κ3) is 5.20. The van der Waals surface area contributed by atoms with Crippen molar-refractivity contribution in [2.75, 3.05) is 7.05 Å². The lowest BCUT2D eigenvalue weighted by Crippen LogP contribution is -2.50. The van der Waals surface area contributed by atoms with Crippen LogP contribution in [0, 0.1) is 0 Å². The molecule has 2 unspecified atom stereocenters. The summed E-state index contributed by atoms with van der Waals surface area (Å²) in [7, 11) is 1.73. The first kappa shape index (κ1) is 20.2. The zero-order valence-corrected chi connectivity index (χ0v) is 16.8. The first-order valence-corrected chi connectivity index (χ1v) is 9.37. The Balaban J connectivity index is 1.97. The van der Waals surface area contributed by atoms with Gasteiger partial charge in [0.05, 0.1) is 6.04 Å². The van der Waals surface area contributed by atoms with E-state index in [1.165, 1.54) is 11.8 Å². The highest BCUT2D eigenvalue weighted by atomic mass is 32.2. The van der Waals surface area contributed by atoms with Gasteiger partial charge >= 0.3 is 6.09 Å². The molecule has 1 aliphatic heterocycles. The highest BCUT2D eigenvalue weighted by Gasteiger charge is 2.35. The van der Waals surface area contributed by atoms with Gasteiger partial charge in [-0.2, -0.15) is 0 Å². The van der Waals surface area contributed by atoms with E-state index < -0.39 is 17.7 Å². The summed E-state index contributed by atoms with van der Waals surface area (Å²) in [6, 6.07) is 3.06. The van der Waals surface area contributed by atoms with E-state index in [-0.39, 0.29) is 17.3 Å². The number of nitrogens with one attached hydrogen (secondary N) is 1. The molecular weight excluding hydrogens is 352 g/mol. The number of hydrogen-bond acceptors (Lipinski definition) is 6. The van der Waals surface area contributed by atoms with Crippen LogP contribution in [0.15, 0.2) is 29.5 Å². The van der Waals surface area contributed by atoms with Crippen molar-refractivity contribution in [3.05, 3.63) is 30.1 Å². The molecule has 26 heavy (non-hydrogen) atoms. The van der Waals surface area contributed by atoms with Gasteiger partial charge in [-0.15, -0.1) is 0 Å². The lowest BCUT2D eigenvalue weighted by molar-refractivity contribution is -0.132. The Labute approximate surface area is 158 Å². The van der Waals surface area contributed by atoms with E-state index in [0.29, 0.717) is 0 Å². The van der Waals surface area contributed by atoms with Gasteiger partial charge in [-0.3, -0.25) is 14.8 Å². The van der Waals surface area contributed by atoms with Gasteiger partial charge < -0.3 is 15.0 Å². The van der Waals surface area contributed by atoms with Crippen LogP contribution in [0.2, 0.25) is 0 Å². The van der Waals surface area contributed by atoms with E-state index >= 15 is 0 Å². The van der Waals surface area contributed by atoms with Crippen molar-refractivity contribution in [3.63, 3.8) is 0 Å². The molecule has 7 nitrogen and oxygen atoms in total. The van der Waals surface area contributed by atoms with E-state index in [1.807, 2.05) is 19.1 Å². The smallest absolute Gasteiger partial charge is 0.408 e. The summed E-state index contributed by atoms with van der Waals surface area (Å²) in [5, 5.41) is 3.31. The van der Waals surface area contributed by atoms with E-state index in [9.17, 15) is 9.59 Å². The van der Waals surface area contributed by atoms with Crippen LogP contribution in [0.4, 0.5) is 4.79 Å². The zero-order valence-electron chi connectivity index (χ0n) is 16.0. The zero-order chi connectivity index (χ0) is 19.5. The normalized spacial score (nSPS) is 20.9. The number of rotatable bonds is 4. The number of pyridine rings is 1. The number of hydrogen-bond donors (Lipinski definition) is 1. The van der Waals surface area contributed by atoms with Gasteiger partial charge in [0.1, 0.15) is 22.1 Å². The van der Waals surface area contributed by atoms with Crippen LogP contribution in [0.3, 0.4) is 0 Å². The van der Waals surface area contributed by atoms with Crippen LogP contribution in [-0.2, 0) is 9.53 Å². The molecule has 142 valence electrons. The topological polar surface area (TPSA) is 83.9 Å². The number of carbonyl (C=O) groups excluding carboxylic acids is 2. The van der Waals surface area contributed by atoms with Gasteiger partial charge in [-0.25, -0.2) is 4.79 Å². The molecule has 0 aromatic carbocycles. The molecule has 0 radical (unpaired) electrons. The number of thioether (sulfide) groups is 1. The molecule has 2 amide bonds. The van der Waals surface area contributed by atoms with Crippen molar-refractivity contribution in [3.8, 4) is 0 Å². The fraction of sp³-hybridized carbons (Fsp3) is 0.556. The van der Waals surface area contributed by atoms with Gasteiger partial charge in [-0.05, 0) is 46.8 Å². The summed E-state index contributed by atoms with van der Waals surface area (Å²) in [5.41, 5.74) is 0.328. The van der Waals surface area contributed by atoms with E-state index in [2.05, 4.69) is 15.3 Å². The molecule has 1 N–H and O–H groups in total. The average Bonchev–Trinajstić information content (AvgIpc) is 2.94. The Kier molecular flexibility index (Phi) is 6.28. The predicted octanol–water partition coefficient (Wildman–Crippen LogP) is 2.66. The second-order valence-corrected chi connectivity index (χ2v) is 8.35. The maximum absolute atomic E-state index is 12.7. The molecule has 0 saturated heterocycles. The van der Waals surface area contributed by atoms with Gasteiger partial charge in [0.25, 0.3) is 0 Å². The van der Waals surface area contributed by atoms with Crippen molar-refractivity contribution >= 4 is 28.8 Å². The Hall–Kier alpha value is -2.09. The predicted molar refractivity (Wildman–Crippen MR) is 103 cm³/mol. The minimum absolute atomic E-state index is 0.0575. The molecule has 3 atom stereocenters. The van der Waals surface area contributed by atoms with Crippen molar-refractivity contribution in [2.24, 2.45) is 4.99 Å². The lowest BCUT2D eigenvalue weighted by Gasteiger charge is -2.29. The Bertz CT molecular complexity index is 687. The Morgan fingerprint density at radius 3 is 2.65 bits per heavy atom. The maximum Gasteiger partial charge on any atom is 0.408 e.